The lowest BCUT2D eigenvalue weighted by Gasteiger charge is -2.38. The van der Waals surface area contributed by atoms with Gasteiger partial charge < -0.3 is 9.80 Å². The molecule has 0 spiro atoms. The second kappa shape index (κ2) is 6.49. The molecule has 2 saturated heterocycles. The van der Waals surface area contributed by atoms with Crippen LogP contribution in [-0.2, 0) is 4.79 Å². The van der Waals surface area contributed by atoms with Crippen molar-refractivity contribution >= 4 is 17.4 Å². The molecule has 0 bridgehead atoms. The minimum atomic E-state index is 0.137. The normalized spacial score (nSPS) is 29.2. The van der Waals surface area contributed by atoms with E-state index < -0.39 is 0 Å². The summed E-state index contributed by atoms with van der Waals surface area (Å²) in [6, 6.07) is 4.78. The fraction of sp³-hybridized carbons (Fsp3) is 0.588. The van der Waals surface area contributed by atoms with Crippen molar-refractivity contribution in [3.05, 3.63) is 24.5 Å². The van der Waals surface area contributed by atoms with E-state index in [0.29, 0.717) is 18.0 Å². The Hall–Kier alpha value is -2.23. The second-order valence-corrected chi connectivity index (χ2v) is 7.37. The van der Waals surface area contributed by atoms with Crippen LogP contribution in [0, 0.1) is 5.92 Å². The van der Waals surface area contributed by atoms with Crippen molar-refractivity contribution in [1.82, 2.24) is 35.9 Å². The molecule has 9 nitrogen and oxygen atoms in total. The van der Waals surface area contributed by atoms with Gasteiger partial charge in [0.05, 0.1) is 0 Å². The lowest BCUT2D eigenvalue weighted by atomic mass is 9.82. The van der Waals surface area contributed by atoms with Crippen LogP contribution in [0.5, 0.6) is 0 Å². The maximum absolute atomic E-state index is 12.9. The summed E-state index contributed by atoms with van der Waals surface area (Å²) < 4.78 is 1.79. The molecule has 26 heavy (non-hydrogen) atoms. The van der Waals surface area contributed by atoms with Crippen LogP contribution in [-0.4, -0.2) is 63.7 Å². The first-order valence-electron chi connectivity index (χ1n) is 9.38. The molecule has 0 aromatic carbocycles. The van der Waals surface area contributed by atoms with Gasteiger partial charge in [0.25, 0.3) is 0 Å². The molecule has 2 aromatic heterocycles. The topological polar surface area (TPSA) is 89.8 Å². The molecule has 0 radical (unpaired) electrons. The highest BCUT2D eigenvalue weighted by atomic mass is 16.2. The largest absolute Gasteiger partial charge is 0.352 e. The van der Waals surface area contributed by atoms with E-state index in [-0.39, 0.29) is 5.92 Å². The molecule has 1 aliphatic carbocycles. The average molecular weight is 356 g/mol. The number of nitrogens with zero attached hydrogens (tertiary/aromatic N) is 5. The van der Waals surface area contributed by atoms with Gasteiger partial charge in [0, 0.05) is 56.6 Å². The smallest absolute Gasteiger partial charge is 0.225 e. The minimum absolute atomic E-state index is 0.137. The Bertz CT molecular complexity index is 799. The van der Waals surface area contributed by atoms with Gasteiger partial charge in [-0.1, -0.05) is 0 Å². The van der Waals surface area contributed by atoms with Crippen LogP contribution >= 0.6 is 0 Å². The van der Waals surface area contributed by atoms with Crippen molar-refractivity contribution in [3.63, 3.8) is 0 Å². The number of fused-ring (bicyclic) bond motifs is 2. The number of piperazine rings is 1. The molecule has 3 atom stereocenters. The van der Waals surface area contributed by atoms with Crippen LogP contribution in [0.2, 0.25) is 0 Å². The highest BCUT2D eigenvalue weighted by Crippen LogP contribution is 2.28. The van der Waals surface area contributed by atoms with Crippen LogP contribution in [0.25, 0.3) is 5.65 Å². The monoisotopic (exact) mass is 356 g/mol. The van der Waals surface area contributed by atoms with Gasteiger partial charge in [-0.05, 0) is 31.4 Å². The number of aromatic nitrogens is 3. The average Bonchev–Trinajstić information content (AvgIpc) is 3.35. The molecule has 138 valence electrons. The Balaban J connectivity index is 1.20. The van der Waals surface area contributed by atoms with Crippen molar-refractivity contribution in [2.45, 2.75) is 31.3 Å². The van der Waals surface area contributed by atoms with E-state index in [9.17, 15) is 4.79 Å². The van der Waals surface area contributed by atoms with Crippen molar-refractivity contribution in [2.75, 3.05) is 31.1 Å². The zero-order valence-corrected chi connectivity index (χ0v) is 14.6. The zero-order chi connectivity index (χ0) is 17.5. The number of imidazole rings is 1. The van der Waals surface area contributed by atoms with Crippen molar-refractivity contribution in [2.24, 2.45) is 5.92 Å². The highest BCUT2D eigenvalue weighted by molar-refractivity contribution is 5.79. The van der Waals surface area contributed by atoms with Crippen LogP contribution in [0.15, 0.2) is 24.5 Å². The first-order valence-corrected chi connectivity index (χ1v) is 9.38. The quantitative estimate of drug-likeness (QED) is 0.670. The first-order chi connectivity index (χ1) is 12.8. The number of carbonyl (C=O) groups excluding carboxylic acids is 1. The molecule has 3 N–H and O–H groups in total. The van der Waals surface area contributed by atoms with Gasteiger partial charge in [0.2, 0.25) is 5.91 Å². The van der Waals surface area contributed by atoms with Gasteiger partial charge in [-0.25, -0.2) is 20.4 Å². The van der Waals surface area contributed by atoms with E-state index in [1.54, 1.807) is 10.7 Å². The molecule has 9 heteroatoms. The Labute approximate surface area is 151 Å². The number of nitrogens with one attached hydrogen (secondary N) is 3. The van der Waals surface area contributed by atoms with Gasteiger partial charge >= 0.3 is 0 Å². The minimum Gasteiger partial charge on any atom is -0.352 e. The Morgan fingerprint density at radius 1 is 1.08 bits per heavy atom. The lowest BCUT2D eigenvalue weighted by Crippen LogP contribution is -2.52. The third-order valence-electron chi connectivity index (χ3n) is 5.87. The van der Waals surface area contributed by atoms with E-state index in [4.69, 9.17) is 0 Å². The summed E-state index contributed by atoms with van der Waals surface area (Å²) in [7, 11) is 0. The molecular weight excluding hydrogens is 332 g/mol. The summed E-state index contributed by atoms with van der Waals surface area (Å²) >= 11 is 0. The second-order valence-electron chi connectivity index (χ2n) is 7.37. The number of hydrazine groups is 2. The highest BCUT2D eigenvalue weighted by Gasteiger charge is 2.38. The molecule has 1 saturated carbocycles. The van der Waals surface area contributed by atoms with Gasteiger partial charge in [0.15, 0.2) is 5.65 Å². The molecule has 1 amide bonds. The number of amides is 1. The van der Waals surface area contributed by atoms with E-state index in [1.807, 2.05) is 23.2 Å². The molecule has 3 aliphatic rings. The molecular formula is C17H24N8O. The fourth-order valence-electron chi connectivity index (χ4n) is 4.34. The van der Waals surface area contributed by atoms with Crippen molar-refractivity contribution in [3.8, 4) is 0 Å². The Morgan fingerprint density at radius 2 is 1.92 bits per heavy atom. The summed E-state index contributed by atoms with van der Waals surface area (Å²) in [5.41, 5.74) is 10.3. The molecule has 3 fully saturated rings. The number of anilines is 1. The zero-order valence-electron chi connectivity index (χ0n) is 14.6. The summed E-state index contributed by atoms with van der Waals surface area (Å²) in [5, 5.41) is 4.61. The molecule has 2 aromatic rings. The predicted octanol–water partition coefficient (Wildman–Crippen LogP) is -0.472. The molecule has 3 unspecified atom stereocenters. The van der Waals surface area contributed by atoms with Crippen molar-refractivity contribution < 1.29 is 4.79 Å². The van der Waals surface area contributed by atoms with Gasteiger partial charge in [-0.2, -0.15) is 5.53 Å². The van der Waals surface area contributed by atoms with Crippen LogP contribution in [0.1, 0.15) is 19.3 Å². The van der Waals surface area contributed by atoms with Crippen LogP contribution in [0.4, 0.5) is 5.82 Å². The van der Waals surface area contributed by atoms with E-state index in [2.05, 4.69) is 31.4 Å². The lowest BCUT2D eigenvalue weighted by molar-refractivity contribution is -0.137. The summed E-state index contributed by atoms with van der Waals surface area (Å²) in [6.45, 7) is 3.16. The summed E-state index contributed by atoms with van der Waals surface area (Å²) in [6.07, 6.45) is 6.52. The number of hydrogen-bond donors (Lipinski definition) is 3. The predicted molar refractivity (Wildman–Crippen MR) is 96.1 cm³/mol. The van der Waals surface area contributed by atoms with Crippen LogP contribution < -0.4 is 21.3 Å². The van der Waals surface area contributed by atoms with Gasteiger partial charge in [-0.15, -0.1) is 5.10 Å². The summed E-state index contributed by atoms with van der Waals surface area (Å²) in [4.78, 5) is 21.4. The Morgan fingerprint density at radius 3 is 2.81 bits per heavy atom. The Kier molecular flexibility index (Phi) is 3.99. The first kappa shape index (κ1) is 16.0. The van der Waals surface area contributed by atoms with Crippen molar-refractivity contribution in [1.29, 1.82) is 0 Å². The van der Waals surface area contributed by atoms with Gasteiger partial charge in [-0.3, -0.25) is 4.79 Å². The van der Waals surface area contributed by atoms with E-state index in [0.717, 1.165) is 56.9 Å². The standard InChI is InChI=1S/C17H24N8O/c26-17(12-1-2-13-14(11-12)20-22-19-13)24-9-7-23(8-10-24)16-4-3-15-18-5-6-25(15)21-16/h3-6,12-14,19-20,22H,1-2,7-11H2. The fourth-order valence-corrected chi connectivity index (χ4v) is 4.34. The molecule has 2 aliphatic heterocycles. The number of carbonyl (C=O) groups is 1. The maximum Gasteiger partial charge on any atom is 0.225 e. The third kappa shape index (κ3) is 2.81. The van der Waals surface area contributed by atoms with E-state index in [1.165, 1.54) is 0 Å². The number of hydrogen-bond acceptors (Lipinski definition) is 7. The van der Waals surface area contributed by atoms with Crippen LogP contribution in [0.3, 0.4) is 0 Å². The SMILES string of the molecule is O=C(C1CCC2NNNC2C1)N1CCN(c2ccc3nccn3n2)CC1. The molecule has 4 heterocycles. The number of rotatable bonds is 2. The van der Waals surface area contributed by atoms with E-state index >= 15 is 0 Å². The molecule has 5 rings (SSSR count). The third-order valence-corrected chi connectivity index (χ3v) is 5.87. The van der Waals surface area contributed by atoms with Gasteiger partial charge in [0.1, 0.15) is 5.82 Å². The maximum atomic E-state index is 12.9. The summed E-state index contributed by atoms with van der Waals surface area (Å²) in [5.74, 6) is 1.39.